The lowest BCUT2D eigenvalue weighted by atomic mass is 9.95. The van der Waals surface area contributed by atoms with E-state index in [1.54, 1.807) is 32.5 Å². The number of aromatic nitrogens is 2. The van der Waals surface area contributed by atoms with Gasteiger partial charge in [-0.1, -0.05) is 18.2 Å². The van der Waals surface area contributed by atoms with Crippen molar-refractivity contribution in [3.63, 3.8) is 0 Å². The van der Waals surface area contributed by atoms with Crippen LogP contribution in [-0.4, -0.2) is 40.6 Å². The second-order valence-electron chi connectivity index (χ2n) is 6.57. The SMILES string of the molecule is COc1ccc(OC)c2c1CN(Cn1ncc3ccccc3c1=O)C[C@@H]2O. The van der Waals surface area contributed by atoms with E-state index in [4.69, 9.17) is 9.47 Å². The monoisotopic (exact) mass is 367 g/mol. The van der Waals surface area contributed by atoms with E-state index >= 15 is 0 Å². The predicted molar refractivity (Wildman–Crippen MR) is 101 cm³/mol. The lowest BCUT2D eigenvalue weighted by molar-refractivity contribution is 0.0663. The van der Waals surface area contributed by atoms with E-state index in [1.807, 2.05) is 29.2 Å². The van der Waals surface area contributed by atoms with Gasteiger partial charge in [-0.05, 0) is 18.2 Å². The maximum Gasteiger partial charge on any atom is 0.275 e. The first-order chi connectivity index (χ1) is 13.1. The Bertz CT molecular complexity index is 1050. The first kappa shape index (κ1) is 17.5. The molecule has 0 saturated carbocycles. The Hall–Kier alpha value is -2.90. The smallest absolute Gasteiger partial charge is 0.275 e. The van der Waals surface area contributed by atoms with Gasteiger partial charge in [0.1, 0.15) is 11.5 Å². The number of aliphatic hydroxyl groups excluding tert-OH is 1. The van der Waals surface area contributed by atoms with Crippen LogP contribution >= 0.6 is 0 Å². The predicted octanol–water partition coefficient (Wildman–Crippen LogP) is 1.92. The van der Waals surface area contributed by atoms with Crippen LogP contribution in [0.2, 0.25) is 0 Å². The maximum atomic E-state index is 12.7. The minimum absolute atomic E-state index is 0.147. The molecule has 1 atom stereocenters. The van der Waals surface area contributed by atoms with Gasteiger partial charge in [-0.15, -0.1) is 0 Å². The molecule has 4 rings (SSSR count). The molecule has 0 radical (unpaired) electrons. The molecule has 0 aliphatic carbocycles. The molecular formula is C20H21N3O4. The van der Waals surface area contributed by atoms with Crippen LogP contribution in [0.5, 0.6) is 11.5 Å². The zero-order valence-corrected chi connectivity index (χ0v) is 15.3. The van der Waals surface area contributed by atoms with Gasteiger partial charge in [0.2, 0.25) is 0 Å². The molecule has 140 valence electrons. The van der Waals surface area contributed by atoms with Crippen molar-refractivity contribution < 1.29 is 14.6 Å². The van der Waals surface area contributed by atoms with Gasteiger partial charge in [0.25, 0.3) is 5.56 Å². The second-order valence-corrected chi connectivity index (χ2v) is 6.57. The highest BCUT2D eigenvalue weighted by atomic mass is 16.5. The number of hydrogen-bond donors (Lipinski definition) is 1. The van der Waals surface area contributed by atoms with Crippen molar-refractivity contribution >= 4 is 10.8 Å². The summed E-state index contributed by atoms with van der Waals surface area (Å²) >= 11 is 0. The number of fused-ring (bicyclic) bond motifs is 2. The summed E-state index contributed by atoms with van der Waals surface area (Å²) in [4.78, 5) is 14.7. The van der Waals surface area contributed by atoms with E-state index in [1.165, 1.54) is 4.68 Å². The van der Waals surface area contributed by atoms with Crippen molar-refractivity contribution in [3.05, 3.63) is 64.1 Å². The van der Waals surface area contributed by atoms with E-state index in [2.05, 4.69) is 5.10 Å². The topological polar surface area (TPSA) is 76.8 Å². The van der Waals surface area contributed by atoms with Gasteiger partial charge in [-0.3, -0.25) is 9.69 Å². The first-order valence-electron chi connectivity index (χ1n) is 8.71. The van der Waals surface area contributed by atoms with Crippen molar-refractivity contribution in [1.82, 2.24) is 14.7 Å². The van der Waals surface area contributed by atoms with Gasteiger partial charge < -0.3 is 14.6 Å². The van der Waals surface area contributed by atoms with Crippen molar-refractivity contribution in [1.29, 1.82) is 0 Å². The number of benzene rings is 2. The maximum absolute atomic E-state index is 12.7. The van der Waals surface area contributed by atoms with Gasteiger partial charge in [0.15, 0.2) is 0 Å². The molecule has 0 bridgehead atoms. The largest absolute Gasteiger partial charge is 0.496 e. The van der Waals surface area contributed by atoms with Crippen molar-refractivity contribution in [2.45, 2.75) is 19.3 Å². The Morgan fingerprint density at radius 1 is 1.15 bits per heavy atom. The van der Waals surface area contributed by atoms with Crippen LogP contribution in [0.15, 0.2) is 47.4 Å². The highest BCUT2D eigenvalue weighted by Gasteiger charge is 2.30. The lowest BCUT2D eigenvalue weighted by Crippen LogP contribution is -2.39. The van der Waals surface area contributed by atoms with E-state index < -0.39 is 6.10 Å². The summed E-state index contributed by atoms with van der Waals surface area (Å²) in [7, 11) is 3.18. The van der Waals surface area contributed by atoms with E-state index in [0.29, 0.717) is 30.0 Å². The number of ether oxygens (including phenoxy) is 2. The van der Waals surface area contributed by atoms with Gasteiger partial charge >= 0.3 is 0 Å². The van der Waals surface area contributed by atoms with Crippen LogP contribution in [0.1, 0.15) is 17.2 Å². The first-order valence-corrected chi connectivity index (χ1v) is 8.71. The zero-order valence-electron chi connectivity index (χ0n) is 15.3. The van der Waals surface area contributed by atoms with Gasteiger partial charge in [-0.25, -0.2) is 4.68 Å². The van der Waals surface area contributed by atoms with Gasteiger partial charge in [-0.2, -0.15) is 5.10 Å². The molecule has 1 aliphatic rings. The zero-order chi connectivity index (χ0) is 19.0. The summed E-state index contributed by atoms with van der Waals surface area (Å²) in [5, 5.41) is 16.4. The normalized spacial score (nSPS) is 16.9. The minimum atomic E-state index is -0.741. The standard InChI is InChI=1S/C20H21N3O4/c1-26-17-7-8-18(27-2)19-15(17)10-22(11-16(19)24)12-23-20(25)14-6-4-3-5-13(14)9-21-23/h3-9,16,24H,10-12H2,1-2H3/t16-/m0/s1. The van der Waals surface area contributed by atoms with Crippen LogP contribution in [0.25, 0.3) is 10.8 Å². The fraction of sp³-hybridized carbons (Fsp3) is 0.300. The number of rotatable bonds is 4. The molecule has 1 aromatic heterocycles. The van der Waals surface area contributed by atoms with Gasteiger partial charge in [0.05, 0.1) is 38.6 Å². The van der Waals surface area contributed by atoms with E-state index in [0.717, 1.165) is 16.5 Å². The molecule has 0 fully saturated rings. The Morgan fingerprint density at radius 3 is 2.67 bits per heavy atom. The Labute approximate surface area is 156 Å². The number of hydrogen-bond acceptors (Lipinski definition) is 6. The molecule has 0 amide bonds. The quantitative estimate of drug-likeness (QED) is 0.759. The summed E-state index contributed by atoms with van der Waals surface area (Å²) in [6.07, 6.45) is 0.948. The molecular weight excluding hydrogens is 346 g/mol. The minimum Gasteiger partial charge on any atom is -0.496 e. The average molecular weight is 367 g/mol. The molecule has 1 N–H and O–H groups in total. The number of nitrogens with zero attached hydrogens (tertiary/aromatic N) is 3. The molecule has 3 aromatic rings. The van der Waals surface area contributed by atoms with Crippen molar-refractivity contribution in [3.8, 4) is 11.5 Å². The summed E-state index contributed by atoms with van der Waals surface area (Å²) in [5.41, 5.74) is 1.46. The number of aliphatic hydroxyl groups is 1. The van der Waals surface area contributed by atoms with Gasteiger partial charge in [0, 0.05) is 29.6 Å². The third-order valence-electron chi connectivity index (χ3n) is 4.96. The third kappa shape index (κ3) is 3.05. The second kappa shape index (κ2) is 7.02. The van der Waals surface area contributed by atoms with Crippen LogP contribution < -0.4 is 15.0 Å². The molecule has 7 nitrogen and oxygen atoms in total. The van der Waals surface area contributed by atoms with E-state index in [9.17, 15) is 9.90 Å². The highest BCUT2D eigenvalue weighted by molar-refractivity contribution is 5.80. The Balaban J connectivity index is 1.68. The molecule has 7 heteroatoms. The van der Waals surface area contributed by atoms with Crippen LogP contribution in [-0.2, 0) is 13.2 Å². The Morgan fingerprint density at radius 2 is 1.89 bits per heavy atom. The average Bonchev–Trinajstić information content (AvgIpc) is 2.69. The van der Waals surface area contributed by atoms with Crippen LogP contribution in [0.3, 0.4) is 0 Å². The number of β-amino-alcohol motifs (C(OH)–C–C–N with tert-alkyl or cyclic N) is 1. The Kier molecular flexibility index (Phi) is 4.55. The summed E-state index contributed by atoms with van der Waals surface area (Å²) in [6, 6.07) is 11.0. The summed E-state index contributed by atoms with van der Waals surface area (Å²) in [6.45, 7) is 1.17. The molecule has 2 heterocycles. The van der Waals surface area contributed by atoms with Crippen molar-refractivity contribution in [2.24, 2.45) is 0 Å². The van der Waals surface area contributed by atoms with E-state index in [-0.39, 0.29) is 12.2 Å². The fourth-order valence-corrected chi connectivity index (χ4v) is 3.67. The summed E-state index contributed by atoms with van der Waals surface area (Å²) in [5.74, 6) is 1.33. The fourth-order valence-electron chi connectivity index (χ4n) is 3.67. The highest BCUT2D eigenvalue weighted by Crippen LogP contribution is 2.39. The molecule has 2 aromatic carbocycles. The summed E-state index contributed by atoms with van der Waals surface area (Å²) < 4.78 is 12.3. The molecule has 0 unspecified atom stereocenters. The third-order valence-corrected chi connectivity index (χ3v) is 4.96. The van der Waals surface area contributed by atoms with Crippen molar-refractivity contribution in [2.75, 3.05) is 20.8 Å². The molecule has 27 heavy (non-hydrogen) atoms. The molecule has 0 spiro atoms. The number of methoxy groups -OCH3 is 2. The lowest BCUT2D eigenvalue weighted by Gasteiger charge is -2.33. The molecule has 0 saturated heterocycles. The molecule has 1 aliphatic heterocycles. The van der Waals surface area contributed by atoms with Crippen LogP contribution in [0.4, 0.5) is 0 Å². The van der Waals surface area contributed by atoms with Crippen LogP contribution in [0, 0.1) is 0 Å².